The van der Waals surface area contributed by atoms with Crippen molar-refractivity contribution in [1.82, 2.24) is 5.32 Å². The van der Waals surface area contributed by atoms with Gasteiger partial charge in [0.15, 0.2) is 0 Å². The summed E-state index contributed by atoms with van der Waals surface area (Å²) in [6, 6.07) is 12.5. The molecule has 1 fully saturated rings. The van der Waals surface area contributed by atoms with E-state index in [4.69, 9.17) is 0 Å². The molecule has 1 saturated carbocycles. The lowest BCUT2D eigenvalue weighted by atomic mass is 9.97. The summed E-state index contributed by atoms with van der Waals surface area (Å²) in [5.74, 6) is 0.620. The first-order valence-corrected chi connectivity index (χ1v) is 8.89. The number of halogens is 3. The summed E-state index contributed by atoms with van der Waals surface area (Å²) in [7, 11) is 0. The first-order chi connectivity index (χ1) is 12.3. The van der Waals surface area contributed by atoms with Gasteiger partial charge in [0.25, 0.3) is 0 Å². The average Bonchev–Trinajstić information content (AvgIpc) is 3.05. The maximum absolute atomic E-state index is 12.8. The highest BCUT2D eigenvalue weighted by Gasteiger charge is 2.30. The van der Waals surface area contributed by atoms with Crippen molar-refractivity contribution in [1.29, 1.82) is 0 Å². The van der Waals surface area contributed by atoms with Gasteiger partial charge >= 0.3 is 6.18 Å². The summed E-state index contributed by atoms with van der Waals surface area (Å²) in [6.45, 7) is 2.55. The van der Waals surface area contributed by atoms with Crippen LogP contribution in [0.4, 0.5) is 13.2 Å². The number of alkyl halides is 3. The third kappa shape index (κ3) is 4.26. The maximum Gasteiger partial charge on any atom is 0.416 e. The minimum Gasteiger partial charge on any atom is -0.352 e. The van der Waals surface area contributed by atoms with Crippen molar-refractivity contribution in [2.45, 2.75) is 38.9 Å². The molecule has 2 nitrogen and oxygen atoms in total. The number of benzene rings is 2. The molecule has 2 aromatic rings. The Morgan fingerprint density at radius 1 is 1.08 bits per heavy atom. The molecule has 0 aliphatic heterocycles. The number of rotatable bonds is 4. The second-order valence-electron chi connectivity index (χ2n) is 7.01. The smallest absolute Gasteiger partial charge is 0.352 e. The SMILES string of the molecule is C[C@@H]1CCCC1C(=O)NCc1ccc(-c2cccc(C(F)(F)F)c2)cc1. The van der Waals surface area contributed by atoms with Crippen molar-refractivity contribution >= 4 is 5.91 Å². The molecule has 1 unspecified atom stereocenters. The summed E-state index contributed by atoms with van der Waals surface area (Å²) in [4.78, 5) is 12.2. The van der Waals surface area contributed by atoms with Gasteiger partial charge < -0.3 is 5.32 Å². The molecule has 1 amide bonds. The first kappa shape index (κ1) is 18.5. The second kappa shape index (κ2) is 7.52. The molecule has 26 heavy (non-hydrogen) atoms. The highest BCUT2D eigenvalue weighted by molar-refractivity contribution is 5.79. The van der Waals surface area contributed by atoms with Gasteiger partial charge in [-0.2, -0.15) is 13.2 Å². The molecule has 1 aliphatic rings. The number of carbonyl (C=O) groups excluding carboxylic acids is 1. The van der Waals surface area contributed by atoms with Crippen LogP contribution in [0.15, 0.2) is 48.5 Å². The van der Waals surface area contributed by atoms with E-state index < -0.39 is 11.7 Å². The van der Waals surface area contributed by atoms with E-state index in [1.165, 1.54) is 6.07 Å². The quantitative estimate of drug-likeness (QED) is 0.773. The molecule has 2 atom stereocenters. The molecule has 1 aliphatic carbocycles. The summed E-state index contributed by atoms with van der Waals surface area (Å²) in [6.07, 6.45) is -1.20. The van der Waals surface area contributed by atoms with Gasteiger partial charge in [-0.3, -0.25) is 4.79 Å². The minimum absolute atomic E-state index is 0.0944. The number of hydrogen-bond acceptors (Lipinski definition) is 1. The molecular formula is C21H22F3NO. The Kier molecular flexibility index (Phi) is 5.35. The maximum atomic E-state index is 12.8. The molecule has 2 aromatic carbocycles. The topological polar surface area (TPSA) is 29.1 Å². The minimum atomic E-state index is -4.35. The van der Waals surface area contributed by atoms with E-state index in [0.717, 1.165) is 42.5 Å². The van der Waals surface area contributed by atoms with Crippen LogP contribution in [0.25, 0.3) is 11.1 Å². The van der Waals surface area contributed by atoms with E-state index in [1.807, 2.05) is 12.1 Å². The fraction of sp³-hybridized carbons (Fsp3) is 0.381. The zero-order chi connectivity index (χ0) is 18.7. The highest BCUT2D eigenvalue weighted by Crippen LogP contribution is 2.33. The predicted molar refractivity (Wildman–Crippen MR) is 95.2 cm³/mol. The zero-order valence-electron chi connectivity index (χ0n) is 14.6. The van der Waals surface area contributed by atoms with E-state index in [1.54, 1.807) is 18.2 Å². The third-order valence-corrected chi connectivity index (χ3v) is 5.14. The standard InChI is InChI=1S/C21H22F3NO/c1-14-4-2-7-19(14)20(26)25-13-15-8-10-16(11-9-15)17-5-3-6-18(12-17)21(22,23)24/h3,5-6,8-12,14,19H,2,4,7,13H2,1H3,(H,25,26)/t14-,19?/m1/s1. The molecule has 3 rings (SSSR count). The molecule has 0 radical (unpaired) electrons. The lowest BCUT2D eigenvalue weighted by Crippen LogP contribution is -2.31. The van der Waals surface area contributed by atoms with Crippen molar-refractivity contribution in [3.05, 3.63) is 59.7 Å². The molecular weight excluding hydrogens is 339 g/mol. The second-order valence-corrected chi connectivity index (χ2v) is 7.01. The van der Waals surface area contributed by atoms with Crippen molar-refractivity contribution in [3.8, 4) is 11.1 Å². The normalized spacial score (nSPS) is 20.2. The predicted octanol–water partition coefficient (Wildman–Crippen LogP) is 5.42. The largest absolute Gasteiger partial charge is 0.416 e. The fourth-order valence-electron chi connectivity index (χ4n) is 3.55. The number of hydrogen-bond donors (Lipinski definition) is 1. The van der Waals surface area contributed by atoms with Crippen LogP contribution in [0.1, 0.15) is 37.3 Å². The molecule has 0 spiro atoms. The van der Waals surface area contributed by atoms with E-state index >= 15 is 0 Å². The van der Waals surface area contributed by atoms with Crippen LogP contribution in [0.5, 0.6) is 0 Å². The molecule has 138 valence electrons. The van der Waals surface area contributed by atoms with E-state index in [0.29, 0.717) is 18.0 Å². The lowest BCUT2D eigenvalue weighted by Gasteiger charge is -2.15. The summed E-state index contributed by atoms with van der Waals surface area (Å²) >= 11 is 0. The summed E-state index contributed by atoms with van der Waals surface area (Å²) in [5, 5.41) is 2.97. The van der Waals surface area contributed by atoms with Crippen LogP contribution < -0.4 is 5.32 Å². The van der Waals surface area contributed by atoms with Gasteiger partial charge in [0, 0.05) is 12.5 Å². The van der Waals surface area contributed by atoms with E-state index in [2.05, 4.69) is 12.2 Å². The highest BCUT2D eigenvalue weighted by atomic mass is 19.4. The van der Waals surface area contributed by atoms with Crippen LogP contribution in [-0.4, -0.2) is 5.91 Å². The Morgan fingerprint density at radius 2 is 1.81 bits per heavy atom. The third-order valence-electron chi connectivity index (χ3n) is 5.14. The molecule has 0 saturated heterocycles. The van der Waals surface area contributed by atoms with Crippen LogP contribution in [0.2, 0.25) is 0 Å². The van der Waals surface area contributed by atoms with E-state index in [-0.39, 0.29) is 11.8 Å². The number of carbonyl (C=O) groups is 1. The molecule has 0 aromatic heterocycles. The Hall–Kier alpha value is -2.30. The van der Waals surface area contributed by atoms with Crippen LogP contribution >= 0.6 is 0 Å². The zero-order valence-corrected chi connectivity index (χ0v) is 14.6. The first-order valence-electron chi connectivity index (χ1n) is 8.89. The molecule has 1 N–H and O–H groups in total. The van der Waals surface area contributed by atoms with Gasteiger partial charge in [-0.25, -0.2) is 0 Å². The number of nitrogens with one attached hydrogen (secondary N) is 1. The fourth-order valence-corrected chi connectivity index (χ4v) is 3.55. The van der Waals surface area contributed by atoms with Crippen LogP contribution in [0.3, 0.4) is 0 Å². The average molecular weight is 361 g/mol. The van der Waals surface area contributed by atoms with Crippen molar-refractivity contribution in [2.24, 2.45) is 11.8 Å². The van der Waals surface area contributed by atoms with Gasteiger partial charge in [-0.1, -0.05) is 49.7 Å². The molecule has 0 heterocycles. The molecule has 0 bridgehead atoms. The van der Waals surface area contributed by atoms with Crippen molar-refractivity contribution < 1.29 is 18.0 Å². The Labute approximate surface area is 151 Å². The van der Waals surface area contributed by atoms with Gasteiger partial charge in [-0.15, -0.1) is 0 Å². The Bertz CT molecular complexity index is 768. The lowest BCUT2D eigenvalue weighted by molar-refractivity contribution is -0.137. The summed E-state index contributed by atoms with van der Waals surface area (Å²) in [5.41, 5.74) is 1.52. The molecule has 5 heteroatoms. The Morgan fingerprint density at radius 3 is 2.42 bits per heavy atom. The monoisotopic (exact) mass is 361 g/mol. The number of amides is 1. The van der Waals surface area contributed by atoms with Crippen LogP contribution in [-0.2, 0) is 17.5 Å². The van der Waals surface area contributed by atoms with E-state index in [9.17, 15) is 18.0 Å². The van der Waals surface area contributed by atoms with Gasteiger partial charge in [0.05, 0.1) is 5.56 Å². The van der Waals surface area contributed by atoms with Crippen molar-refractivity contribution in [2.75, 3.05) is 0 Å². The van der Waals surface area contributed by atoms with Crippen molar-refractivity contribution in [3.63, 3.8) is 0 Å². The Balaban J connectivity index is 1.64. The van der Waals surface area contributed by atoms with Gasteiger partial charge in [-0.05, 0) is 47.6 Å². The summed E-state index contributed by atoms with van der Waals surface area (Å²) < 4.78 is 38.5. The van der Waals surface area contributed by atoms with Gasteiger partial charge in [0.2, 0.25) is 5.91 Å². The van der Waals surface area contributed by atoms with Crippen LogP contribution in [0, 0.1) is 11.8 Å². The van der Waals surface area contributed by atoms with Gasteiger partial charge in [0.1, 0.15) is 0 Å².